The summed E-state index contributed by atoms with van der Waals surface area (Å²) in [6.45, 7) is 26.2. The molecule has 2 heterocycles. The first-order valence-corrected chi connectivity index (χ1v) is 22.6. The second kappa shape index (κ2) is 21.8. The van der Waals surface area contributed by atoms with Gasteiger partial charge in [-0.1, -0.05) is 118 Å². The average Bonchev–Trinajstić information content (AvgIpc) is 3.20. The number of carboxylic acid groups (broad SMARTS) is 2. The normalized spacial score (nSPS) is 18.5. The van der Waals surface area contributed by atoms with Gasteiger partial charge in [-0.3, -0.25) is 24.4 Å². The maximum atomic E-state index is 11.8. The van der Waals surface area contributed by atoms with Crippen LogP contribution in [0, 0.1) is 0 Å². The van der Waals surface area contributed by atoms with Crippen molar-refractivity contribution in [2.75, 3.05) is 32.7 Å². The Morgan fingerprint density at radius 2 is 1.21 bits per heavy atom. The molecule has 1 fully saturated rings. The fourth-order valence-electron chi connectivity index (χ4n) is 8.64. The molecule has 11 nitrogen and oxygen atoms in total. The minimum atomic E-state index is -1.82. The molecule has 12 heteroatoms. The monoisotopic (exact) mass is 902 g/mol. The first-order chi connectivity index (χ1) is 29.1. The second-order valence-electron chi connectivity index (χ2n) is 20.4. The zero-order valence-corrected chi connectivity index (χ0v) is 40.4. The van der Waals surface area contributed by atoms with Crippen molar-refractivity contribution in [3.63, 3.8) is 0 Å². The fraction of sp³-hybridized carbons (Fsp3) is 0.549. The van der Waals surface area contributed by atoms with Gasteiger partial charge in [0, 0.05) is 59.3 Å². The first-order valence-electron chi connectivity index (χ1n) is 22.6. The van der Waals surface area contributed by atoms with Gasteiger partial charge in [0.25, 0.3) is 0 Å². The van der Waals surface area contributed by atoms with Crippen LogP contribution in [0.5, 0.6) is 11.5 Å². The molecule has 0 spiro atoms. The number of guanidine groups is 1. The van der Waals surface area contributed by atoms with Crippen molar-refractivity contribution in [2.45, 2.75) is 149 Å². The van der Waals surface area contributed by atoms with Gasteiger partial charge in [0.2, 0.25) is 0 Å². The molecule has 1 saturated carbocycles. The van der Waals surface area contributed by atoms with Crippen molar-refractivity contribution in [1.29, 1.82) is 0 Å². The van der Waals surface area contributed by atoms with Crippen molar-refractivity contribution in [3.8, 4) is 11.5 Å². The number of phenolic OH excluding ortho intramolecular Hbond substituents is 2. The van der Waals surface area contributed by atoms with Gasteiger partial charge < -0.3 is 20.4 Å². The number of aryl methyl sites for hydroxylation is 1. The van der Waals surface area contributed by atoms with E-state index in [9.17, 15) is 10.2 Å². The van der Waals surface area contributed by atoms with Crippen molar-refractivity contribution in [3.05, 3.63) is 93.5 Å². The van der Waals surface area contributed by atoms with E-state index in [-0.39, 0.29) is 45.7 Å². The van der Waals surface area contributed by atoms with Crippen molar-refractivity contribution < 1.29 is 52.0 Å². The molecule has 2 unspecified atom stereocenters. The summed E-state index contributed by atoms with van der Waals surface area (Å²) in [5.74, 6) is -1.58. The fourth-order valence-corrected chi connectivity index (χ4v) is 8.64. The molecule has 0 aromatic heterocycles. The van der Waals surface area contributed by atoms with E-state index in [0.29, 0.717) is 11.5 Å². The molecule has 63 heavy (non-hydrogen) atoms. The number of aliphatic carboxylic acids is 2. The molecule has 0 bridgehead atoms. The molecular weight excluding hydrogens is 831 g/mol. The Bertz CT molecular complexity index is 2110. The molecule has 2 aliphatic heterocycles. The predicted molar refractivity (Wildman–Crippen MR) is 250 cm³/mol. The van der Waals surface area contributed by atoms with Crippen LogP contribution in [0.25, 0.3) is 0 Å². The van der Waals surface area contributed by atoms with Gasteiger partial charge in [0.15, 0.2) is 0 Å². The Labute approximate surface area is 386 Å². The SMILES string of the molecule is CC(C)(C)c1cc(C=NC2CCCCC2N=Cc2cc(C(C)(C)C)cc(C(C)(C)C)c2O)c(O)c(CCCN2CCC[N+]3=C2N(Cc2ccccc2)CCC3)c1.O=C(O)C(=O)O.[Cr]. The molecule has 342 valence electrons. The number of rotatable bonds is 10. The van der Waals surface area contributed by atoms with Crippen LogP contribution in [0.1, 0.15) is 146 Å². The molecule has 3 aromatic rings. The van der Waals surface area contributed by atoms with Crippen LogP contribution < -0.4 is 0 Å². The van der Waals surface area contributed by atoms with Gasteiger partial charge in [0.05, 0.1) is 51.4 Å². The summed E-state index contributed by atoms with van der Waals surface area (Å²) in [7, 11) is 0. The zero-order chi connectivity index (χ0) is 45.4. The van der Waals surface area contributed by atoms with Crippen LogP contribution in [0.2, 0.25) is 0 Å². The van der Waals surface area contributed by atoms with E-state index < -0.39 is 11.9 Å². The Hall–Kier alpha value is -4.66. The number of benzene rings is 3. The van der Waals surface area contributed by atoms with Gasteiger partial charge in [-0.15, -0.1) is 0 Å². The Kier molecular flexibility index (Phi) is 17.7. The summed E-state index contributed by atoms with van der Waals surface area (Å²) < 4.78 is 2.60. The first kappa shape index (κ1) is 51.0. The van der Waals surface area contributed by atoms with E-state index in [0.717, 1.165) is 100 Å². The van der Waals surface area contributed by atoms with Crippen LogP contribution in [-0.4, -0.2) is 110 Å². The van der Waals surface area contributed by atoms with Gasteiger partial charge >= 0.3 is 17.9 Å². The van der Waals surface area contributed by atoms with Crippen LogP contribution in [-0.2, 0) is 56.2 Å². The van der Waals surface area contributed by atoms with Crippen LogP contribution in [0.3, 0.4) is 0 Å². The molecule has 3 aromatic carbocycles. The molecule has 6 rings (SSSR count). The van der Waals surface area contributed by atoms with Gasteiger partial charge in [-0.2, -0.15) is 0 Å². The number of nitrogens with zero attached hydrogens (tertiary/aromatic N) is 5. The third-order valence-electron chi connectivity index (χ3n) is 12.2. The standard InChI is InChI=1S/C49H69N5O2.C2H2O4.Cr/c1-47(2,3)39-28-36(20-15-23-52-24-16-25-53-26-17-27-54(46(52)53)34-35-18-11-10-12-19-35)44(55)37(29-39)32-50-42-21-13-14-22-43(42)51-33-38-30-40(48(4,5)6)31-41(45(38)56)49(7,8)9;3-1(4)2(5)6;/h10-12,18-19,28-33,42-43H,13-17,20-27,34H2,1-9H3,(H-,50,51,55,56);(H,3,4)(H,5,6);/p+1. The molecule has 3 aliphatic rings. The maximum Gasteiger partial charge on any atom is 0.414 e. The summed E-state index contributed by atoms with van der Waals surface area (Å²) in [6.07, 6.45) is 12.1. The molecule has 2 atom stereocenters. The Balaban J connectivity index is 0.00000116. The van der Waals surface area contributed by atoms with Gasteiger partial charge in [-0.25, -0.2) is 9.59 Å². The van der Waals surface area contributed by atoms with E-state index in [2.05, 4.69) is 131 Å². The number of hydrogen-bond donors (Lipinski definition) is 4. The summed E-state index contributed by atoms with van der Waals surface area (Å²) in [6, 6.07) is 19.5. The predicted octanol–water partition coefficient (Wildman–Crippen LogP) is 8.91. The summed E-state index contributed by atoms with van der Waals surface area (Å²) >= 11 is 0. The van der Waals surface area contributed by atoms with E-state index in [1.165, 1.54) is 35.5 Å². The number of hydrogen-bond acceptors (Lipinski definition) is 8. The van der Waals surface area contributed by atoms with E-state index in [1.54, 1.807) is 0 Å². The average molecular weight is 903 g/mol. The summed E-state index contributed by atoms with van der Waals surface area (Å²) in [4.78, 5) is 33.7. The van der Waals surface area contributed by atoms with Crippen LogP contribution in [0.4, 0.5) is 0 Å². The summed E-state index contributed by atoms with van der Waals surface area (Å²) in [5.41, 5.74) is 6.98. The Morgan fingerprint density at radius 3 is 1.71 bits per heavy atom. The van der Waals surface area contributed by atoms with Crippen molar-refractivity contribution in [1.82, 2.24) is 9.80 Å². The molecule has 0 saturated heterocycles. The molecule has 0 amide bonds. The smallest absolute Gasteiger partial charge is 0.414 e. The van der Waals surface area contributed by atoms with Crippen molar-refractivity contribution in [2.24, 2.45) is 9.98 Å². The number of phenols is 2. The second-order valence-corrected chi connectivity index (χ2v) is 20.4. The topological polar surface area (TPSA) is 149 Å². The van der Waals surface area contributed by atoms with Crippen molar-refractivity contribution >= 4 is 30.3 Å². The largest absolute Gasteiger partial charge is 0.507 e. The van der Waals surface area contributed by atoms with E-state index >= 15 is 0 Å². The molecular formula is C51H72CrN5O6+. The van der Waals surface area contributed by atoms with E-state index in [1.807, 2.05) is 12.4 Å². The third-order valence-corrected chi connectivity index (χ3v) is 12.2. The number of aromatic hydroxyl groups is 2. The molecule has 0 radical (unpaired) electrons. The Morgan fingerprint density at radius 1 is 0.698 bits per heavy atom. The van der Waals surface area contributed by atoms with Crippen LogP contribution >= 0.6 is 0 Å². The number of carboxylic acids is 2. The minimum absolute atomic E-state index is 0. The third kappa shape index (κ3) is 13.9. The summed E-state index contributed by atoms with van der Waals surface area (Å²) in [5, 5.41) is 38.0. The maximum absolute atomic E-state index is 11.8. The minimum Gasteiger partial charge on any atom is -0.507 e. The number of carbonyl (C=O) groups is 2. The van der Waals surface area contributed by atoms with E-state index in [4.69, 9.17) is 29.8 Å². The number of aliphatic imine (C=N–C) groups is 2. The molecule has 4 N–H and O–H groups in total. The zero-order valence-electron chi connectivity index (χ0n) is 39.2. The van der Waals surface area contributed by atoms with Crippen LogP contribution in [0.15, 0.2) is 64.6 Å². The van der Waals surface area contributed by atoms with Gasteiger partial charge in [0.1, 0.15) is 11.5 Å². The quantitative estimate of drug-likeness (QED) is 0.0896. The van der Waals surface area contributed by atoms with Gasteiger partial charge in [-0.05, 0) is 76.3 Å². The molecule has 1 aliphatic carbocycles.